The van der Waals surface area contributed by atoms with Crippen LogP contribution in [-0.4, -0.2) is 116 Å². The van der Waals surface area contributed by atoms with E-state index in [-0.39, 0.29) is 13.2 Å². The van der Waals surface area contributed by atoms with Crippen LogP contribution in [0.25, 0.3) is 0 Å². The Morgan fingerprint density at radius 1 is 0.867 bits per heavy atom. The van der Waals surface area contributed by atoms with Gasteiger partial charge in [0.2, 0.25) is 0 Å². The molecule has 2 heterocycles. The van der Waals surface area contributed by atoms with Crippen LogP contribution in [0.2, 0.25) is 0 Å². The van der Waals surface area contributed by atoms with Gasteiger partial charge in [-0.15, -0.1) is 6.58 Å². The number of aliphatic hydroxyl groups excluding tert-OH is 1. The van der Waals surface area contributed by atoms with E-state index in [1.807, 2.05) is 0 Å². The standard InChI is InChI=1S/C20H36O10/c1-8-9-20(11-22-2)17(26-6)16(25-5)19(30-20)29-13-12(10-21)28-18(27-7)15(24-4)14(13)23-3/h8,12-19,21H,1,9-11H2,2-7H3/t12-,13-,14+,15-,16+,17+,18+,19+,20+/m1/s1. The number of rotatable bonds is 12. The van der Waals surface area contributed by atoms with Gasteiger partial charge in [-0.25, -0.2) is 0 Å². The van der Waals surface area contributed by atoms with E-state index in [1.165, 1.54) is 21.3 Å². The van der Waals surface area contributed by atoms with Crippen LogP contribution >= 0.6 is 0 Å². The van der Waals surface area contributed by atoms with Crippen LogP contribution in [0, 0.1) is 0 Å². The largest absolute Gasteiger partial charge is 0.394 e. The minimum absolute atomic E-state index is 0.252. The summed E-state index contributed by atoms with van der Waals surface area (Å²) in [5.41, 5.74) is -0.848. The van der Waals surface area contributed by atoms with E-state index in [2.05, 4.69) is 6.58 Å². The average Bonchev–Trinajstić information content (AvgIpc) is 3.05. The predicted octanol–water partition coefficient (Wildman–Crippen LogP) is 0.113. The van der Waals surface area contributed by atoms with Crippen molar-refractivity contribution in [1.29, 1.82) is 0 Å². The van der Waals surface area contributed by atoms with Crippen LogP contribution in [0.3, 0.4) is 0 Å². The molecule has 10 nitrogen and oxygen atoms in total. The minimum Gasteiger partial charge on any atom is -0.394 e. The van der Waals surface area contributed by atoms with Crippen molar-refractivity contribution in [1.82, 2.24) is 0 Å². The lowest BCUT2D eigenvalue weighted by Crippen LogP contribution is -2.62. The van der Waals surface area contributed by atoms with E-state index in [4.69, 9.17) is 42.6 Å². The van der Waals surface area contributed by atoms with Crippen molar-refractivity contribution in [3.63, 3.8) is 0 Å². The summed E-state index contributed by atoms with van der Waals surface area (Å²) in [6.45, 7) is 3.77. The quantitative estimate of drug-likeness (QED) is 0.424. The fourth-order valence-electron chi connectivity index (χ4n) is 4.37. The summed E-state index contributed by atoms with van der Waals surface area (Å²) in [7, 11) is 9.29. The minimum atomic E-state index is -0.848. The van der Waals surface area contributed by atoms with Gasteiger partial charge in [-0.05, 0) is 6.42 Å². The Morgan fingerprint density at radius 2 is 1.53 bits per heavy atom. The number of methoxy groups -OCH3 is 6. The van der Waals surface area contributed by atoms with Gasteiger partial charge in [0.1, 0.15) is 42.2 Å². The van der Waals surface area contributed by atoms with Crippen LogP contribution in [0.15, 0.2) is 12.7 Å². The second-order valence-electron chi connectivity index (χ2n) is 7.30. The molecule has 0 unspecified atom stereocenters. The first-order valence-corrected chi connectivity index (χ1v) is 9.84. The third-order valence-electron chi connectivity index (χ3n) is 5.68. The monoisotopic (exact) mass is 436 g/mol. The Hall–Kier alpha value is -0.660. The van der Waals surface area contributed by atoms with Gasteiger partial charge in [-0.2, -0.15) is 0 Å². The molecule has 0 aromatic rings. The Morgan fingerprint density at radius 3 is 2.00 bits per heavy atom. The smallest absolute Gasteiger partial charge is 0.187 e. The number of hydrogen-bond acceptors (Lipinski definition) is 10. The molecule has 0 aliphatic carbocycles. The van der Waals surface area contributed by atoms with E-state index in [0.29, 0.717) is 6.42 Å². The van der Waals surface area contributed by atoms with Gasteiger partial charge in [-0.3, -0.25) is 0 Å². The molecule has 0 radical (unpaired) electrons. The van der Waals surface area contributed by atoms with Crippen LogP contribution in [0.4, 0.5) is 0 Å². The lowest BCUT2D eigenvalue weighted by atomic mass is 9.92. The average molecular weight is 436 g/mol. The molecule has 0 saturated carbocycles. The Balaban J connectivity index is 2.33. The molecule has 10 heteroatoms. The highest BCUT2D eigenvalue weighted by Crippen LogP contribution is 2.40. The third kappa shape index (κ3) is 4.88. The fraction of sp³-hybridized carbons (Fsp3) is 0.900. The van der Waals surface area contributed by atoms with Crippen molar-refractivity contribution in [2.24, 2.45) is 0 Å². The first-order chi connectivity index (χ1) is 14.5. The van der Waals surface area contributed by atoms with Gasteiger partial charge in [0.05, 0.1) is 13.2 Å². The Kier molecular flexibility index (Phi) is 10.1. The van der Waals surface area contributed by atoms with Gasteiger partial charge in [0.25, 0.3) is 0 Å². The normalized spacial score (nSPS) is 41.8. The second kappa shape index (κ2) is 11.8. The third-order valence-corrected chi connectivity index (χ3v) is 5.68. The molecule has 0 aromatic carbocycles. The van der Waals surface area contributed by atoms with E-state index >= 15 is 0 Å². The summed E-state index contributed by atoms with van der Waals surface area (Å²) in [6, 6.07) is 0. The number of aliphatic hydroxyl groups is 1. The molecule has 0 amide bonds. The first-order valence-electron chi connectivity index (χ1n) is 9.84. The molecule has 0 bridgehead atoms. The lowest BCUT2D eigenvalue weighted by molar-refractivity contribution is -0.335. The second-order valence-corrected chi connectivity index (χ2v) is 7.30. The molecule has 2 saturated heterocycles. The number of hydrogen-bond donors (Lipinski definition) is 1. The SMILES string of the molecule is C=CC[C@@]1(COC)O[C@H](O[C@H]2[C@H](OC)[C@@H](OC)[C@@H](OC)O[C@@H]2CO)[C@@H](OC)[C@@H]1OC. The zero-order chi connectivity index (χ0) is 22.3. The molecule has 0 aromatic heterocycles. The lowest BCUT2D eigenvalue weighted by Gasteiger charge is -2.45. The molecule has 2 aliphatic rings. The predicted molar refractivity (Wildman–Crippen MR) is 105 cm³/mol. The molecule has 1 N–H and O–H groups in total. The van der Waals surface area contributed by atoms with E-state index < -0.39 is 54.8 Å². The van der Waals surface area contributed by atoms with Crippen LogP contribution in [0.5, 0.6) is 0 Å². The molecule has 2 aliphatic heterocycles. The maximum atomic E-state index is 9.93. The van der Waals surface area contributed by atoms with Gasteiger partial charge < -0.3 is 47.7 Å². The Bertz CT molecular complexity index is 520. The summed E-state index contributed by atoms with van der Waals surface area (Å²) in [5.74, 6) is 0. The Labute approximate surface area is 178 Å². The summed E-state index contributed by atoms with van der Waals surface area (Å²) in [6.07, 6.45) is -3.03. The molecule has 2 fully saturated rings. The highest BCUT2D eigenvalue weighted by molar-refractivity contribution is 5.05. The van der Waals surface area contributed by atoms with E-state index in [9.17, 15) is 5.11 Å². The summed E-state index contributed by atoms with van der Waals surface area (Å²) in [4.78, 5) is 0. The topological polar surface area (TPSA) is 103 Å². The molecule has 176 valence electrons. The maximum absolute atomic E-state index is 9.93. The van der Waals surface area contributed by atoms with Crippen molar-refractivity contribution >= 4 is 0 Å². The zero-order valence-electron chi connectivity index (χ0n) is 18.6. The first kappa shape index (κ1) is 25.6. The summed E-state index contributed by atoms with van der Waals surface area (Å²) < 4.78 is 51.8. The zero-order valence-corrected chi connectivity index (χ0v) is 18.6. The van der Waals surface area contributed by atoms with Crippen molar-refractivity contribution in [3.8, 4) is 0 Å². The molecular formula is C20H36O10. The maximum Gasteiger partial charge on any atom is 0.187 e. The van der Waals surface area contributed by atoms with E-state index in [0.717, 1.165) is 0 Å². The summed E-state index contributed by atoms with van der Waals surface area (Å²) in [5, 5.41) is 9.93. The van der Waals surface area contributed by atoms with Gasteiger partial charge in [0.15, 0.2) is 12.6 Å². The van der Waals surface area contributed by atoms with Crippen LogP contribution in [0.1, 0.15) is 6.42 Å². The van der Waals surface area contributed by atoms with Gasteiger partial charge in [-0.1, -0.05) is 6.08 Å². The molecule has 9 atom stereocenters. The van der Waals surface area contributed by atoms with Crippen molar-refractivity contribution in [2.45, 2.75) is 61.2 Å². The van der Waals surface area contributed by atoms with Gasteiger partial charge >= 0.3 is 0 Å². The fourth-order valence-corrected chi connectivity index (χ4v) is 4.37. The molecule has 0 spiro atoms. The van der Waals surface area contributed by atoms with Crippen molar-refractivity contribution < 1.29 is 47.7 Å². The van der Waals surface area contributed by atoms with Crippen molar-refractivity contribution in [2.75, 3.05) is 55.9 Å². The number of ether oxygens (including phenoxy) is 9. The van der Waals surface area contributed by atoms with Crippen molar-refractivity contribution in [3.05, 3.63) is 12.7 Å². The summed E-state index contributed by atoms with van der Waals surface area (Å²) >= 11 is 0. The van der Waals surface area contributed by atoms with E-state index in [1.54, 1.807) is 27.4 Å². The molecule has 30 heavy (non-hydrogen) atoms. The van der Waals surface area contributed by atoms with Crippen LogP contribution in [-0.2, 0) is 42.6 Å². The molecular weight excluding hydrogens is 400 g/mol. The highest BCUT2D eigenvalue weighted by Gasteiger charge is 2.58. The highest BCUT2D eigenvalue weighted by atomic mass is 16.8. The van der Waals surface area contributed by atoms with Gasteiger partial charge in [0, 0.05) is 42.7 Å². The van der Waals surface area contributed by atoms with Crippen LogP contribution < -0.4 is 0 Å². The molecule has 2 rings (SSSR count).